The minimum absolute atomic E-state index is 0.0385. The summed E-state index contributed by atoms with van der Waals surface area (Å²) in [5.41, 5.74) is 0.619. The molecule has 1 saturated heterocycles. The molecule has 1 aliphatic heterocycles. The van der Waals surface area contributed by atoms with Gasteiger partial charge in [-0.3, -0.25) is 4.79 Å². The second-order valence-corrected chi connectivity index (χ2v) is 3.90. The van der Waals surface area contributed by atoms with Crippen molar-refractivity contribution >= 4 is 5.91 Å². The number of methoxy groups -OCH3 is 2. The SMILES string of the molecule is COc1ccc(F)c(OC)c1C1CNC(=O)C1. The number of carbonyl (C=O) groups is 1. The van der Waals surface area contributed by atoms with Gasteiger partial charge >= 0.3 is 0 Å². The van der Waals surface area contributed by atoms with E-state index in [2.05, 4.69) is 5.32 Å². The first-order valence-corrected chi connectivity index (χ1v) is 5.34. The van der Waals surface area contributed by atoms with Crippen LogP contribution in [0, 0.1) is 5.82 Å². The third-order valence-corrected chi connectivity index (χ3v) is 2.92. The first-order chi connectivity index (χ1) is 8.17. The van der Waals surface area contributed by atoms with Crippen molar-refractivity contribution in [2.75, 3.05) is 20.8 Å². The highest BCUT2D eigenvalue weighted by Crippen LogP contribution is 2.39. The normalized spacial score (nSPS) is 19.0. The van der Waals surface area contributed by atoms with E-state index >= 15 is 0 Å². The van der Waals surface area contributed by atoms with Crippen molar-refractivity contribution in [3.8, 4) is 11.5 Å². The zero-order valence-electron chi connectivity index (χ0n) is 9.75. The molecule has 1 unspecified atom stereocenters. The molecule has 0 aromatic heterocycles. The van der Waals surface area contributed by atoms with Gasteiger partial charge in [0.05, 0.1) is 14.2 Å². The lowest BCUT2D eigenvalue weighted by atomic mass is 9.96. The summed E-state index contributed by atoms with van der Waals surface area (Å²) in [5.74, 6) is 0.115. The highest BCUT2D eigenvalue weighted by Gasteiger charge is 2.30. The van der Waals surface area contributed by atoms with Gasteiger partial charge in [-0.15, -0.1) is 0 Å². The number of rotatable bonds is 3. The Morgan fingerprint density at radius 2 is 2.12 bits per heavy atom. The third-order valence-electron chi connectivity index (χ3n) is 2.92. The van der Waals surface area contributed by atoms with Crippen molar-refractivity contribution in [2.24, 2.45) is 0 Å². The van der Waals surface area contributed by atoms with Crippen molar-refractivity contribution in [3.05, 3.63) is 23.5 Å². The van der Waals surface area contributed by atoms with E-state index in [1.165, 1.54) is 20.3 Å². The summed E-state index contributed by atoms with van der Waals surface area (Å²) in [6.07, 6.45) is 0.330. The van der Waals surface area contributed by atoms with Gasteiger partial charge in [0, 0.05) is 24.4 Å². The van der Waals surface area contributed by atoms with E-state index in [0.717, 1.165) is 0 Å². The molecule has 1 heterocycles. The summed E-state index contributed by atoms with van der Waals surface area (Å²) < 4.78 is 23.9. The van der Waals surface area contributed by atoms with Crippen LogP contribution in [0.3, 0.4) is 0 Å². The van der Waals surface area contributed by atoms with E-state index in [1.807, 2.05) is 0 Å². The number of halogens is 1. The second kappa shape index (κ2) is 4.61. The third kappa shape index (κ3) is 2.05. The Morgan fingerprint density at radius 1 is 1.35 bits per heavy atom. The fraction of sp³-hybridized carbons (Fsp3) is 0.417. The molecule has 0 saturated carbocycles. The highest BCUT2D eigenvalue weighted by molar-refractivity contribution is 5.80. The van der Waals surface area contributed by atoms with E-state index in [4.69, 9.17) is 9.47 Å². The number of hydrogen-bond acceptors (Lipinski definition) is 3. The first kappa shape index (κ1) is 11.7. The quantitative estimate of drug-likeness (QED) is 0.868. The maximum atomic E-state index is 13.6. The molecule has 5 heteroatoms. The van der Waals surface area contributed by atoms with Gasteiger partial charge in [-0.1, -0.05) is 0 Å². The Balaban J connectivity index is 2.48. The number of carbonyl (C=O) groups excluding carboxylic acids is 1. The summed E-state index contributed by atoms with van der Waals surface area (Å²) in [6, 6.07) is 2.85. The van der Waals surface area contributed by atoms with Crippen LogP contribution in [0.15, 0.2) is 12.1 Å². The summed E-state index contributed by atoms with van der Waals surface area (Å²) >= 11 is 0. The van der Waals surface area contributed by atoms with Crippen molar-refractivity contribution in [2.45, 2.75) is 12.3 Å². The second-order valence-electron chi connectivity index (χ2n) is 3.90. The van der Waals surface area contributed by atoms with Crippen LogP contribution >= 0.6 is 0 Å². The van der Waals surface area contributed by atoms with Gasteiger partial charge in [0.2, 0.25) is 5.91 Å². The molecule has 1 N–H and O–H groups in total. The molecule has 1 atom stereocenters. The van der Waals surface area contributed by atoms with Crippen LogP contribution in [0.2, 0.25) is 0 Å². The summed E-state index contributed by atoms with van der Waals surface area (Å²) in [5, 5.41) is 2.72. The minimum Gasteiger partial charge on any atom is -0.496 e. The Morgan fingerprint density at radius 3 is 2.65 bits per heavy atom. The maximum absolute atomic E-state index is 13.6. The molecule has 1 aromatic carbocycles. The fourth-order valence-corrected chi connectivity index (χ4v) is 2.14. The average molecular weight is 239 g/mol. The summed E-state index contributed by atoms with van der Waals surface area (Å²) in [7, 11) is 2.92. The Labute approximate surface area is 98.7 Å². The van der Waals surface area contributed by atoms with Crippen molar-refractivity contribution < 1.29 is 18.7 Å². The van der Waals surface area contributed by atoms with Crippen molar-refractivity contribution in [1.29, 1.82) is 0 Å². The zero-order chi connectivity index (χ0) is 12.4. The summed E-state index contributed by atoms with van der Waals surface area (Å²) in [6.45, 7) is 0.481. The first-order valence-electron chi connectivity index (χ1n) is 5.34. The van der Waals surface area contributed by atoms with Crippen molar-refractivity contribution in [1.82, 2.24) is 5.32 Å². The predicted molar refractivity (Wildman–Crippen MR) is 59.9 cm³/mol. The molecular formula is C12H14FNO3. The average Bonchev–Trinajstić information content (AvgIpc) is 2.75. The van der Waals surface area contributed by atoms with Crippen LogP contribution in [0.1, 0.15) is 17.9 Å². The van der Waals surface area contributed by atoms with Gasteiger partial charge in [0.25, 0.3) is 0 Å². The van der Waals surface area contributed by atoms with Crippen LogP contribution in [-0.4, -0.2) is 26.7 Å². The van der Waals surface area contributed by atoms with Gasteiger partial charge < -0.3 is 14.8 Å². The fourth-order valence-electron chi connectivity index (χ4n) is 2.14. The van der Waals surface area contributed by atoms with Gasteiger partial charge in [0.1, 0.15) is 5.75 Å². The standard InChI is InChI=1S/C12H14FNO3/c1-16-9-4-3-8(13)12(17-2)11(9)7-5-10(15)14-6-7/h3-4,7H,5-6H2,1-2H3,(H,14,15). The van der Waals surface area contributed by atoms with E-state index in [9.17, 15) is 9.18 Å². The molecule has 0 aliphatic carbocycles. The van der Waals surface area contributed by atoms with Crippen LogP contribution < -0.4 is 14.8 Å². The van der Waals surface area contributed by atoms with Crippen LogP contribution in [-0.2, 0) is 4.79 Å². The van der Waals surface area contributed by atoms with E-state index in [0.29, 0.717) is 24.3 Å². The van der Waals surface area contributed by atoms with Crippen molar-refractivity contribution in [3.63, 3.8) is 0 Å². The number of nitrogens with one attached hydrogen (secondary N) is 1. The lowest BCUT2D eigenvalue weighted by molar-refractivity contribution is -0.119. The van der Waals surface area contributed by atoms with E-state index in [-0.39, 0.29) is 17.6 Å². The Kier molecular flexibility index (Phi) is 3.17. The van der Waals surface area contributed by atoms with E-state index in [1.54, 1.807) is 6.07 Å². The molecule has 1 fully saturated rings. The van der Waals surface area contributed by atoms with Gasteiger partial charge in [0.15, 0.2) is 11.6 Å². The number of ether oxygens (including phenoxy) is 2. The number of hydrogen-bond donors (Lipinski definition) is 1. The molecule has 2 rings (SSSR count). The molecule has 92 valence electrons. The topological polar surface area (TPSA) is 47.6 Å². The minimum atomic E-state index is -0.442. The lowest BCUT2D eigenvalue weighted by Crippen LogP contribution is -2.14. The zero-order valence-corrected chi connectivity index (χ0v) is 9.75. The Bertz CT molecular complexity index is 448. The van der Waals surface area contributed by atoms with Gasteiger partial charge in [-0.25, -0.2) is 4.39 Å². The highest BCUT2D eigenvalue weighted by atomic mass is 19.1. The molecule has 0 spiro atoms. The van der Waals surface area contributed by atoms with Crippen LogP contribution in [0.25, 0.3) is 0 Å². The van der Waals surface area contributed by atoms with Gasteiger partial charge in [-0.05, 0) is 12.1 Å². The molecule has 1 amide bonds. The monoisotopic (exact) mass is 239 g/mol. The largest absolute Gasteiger partial charge is 0.496 e. The Hall–Kier alpha value is -1.78. The number of benzene rings is 1. The molecular weight excluding hydrogens is 225 g/mol. The summed E-state index contributed by atoms with van der Waals surface area (Å²) in [4.78, 5) is 11.2. The maximum Gasteiger partial charge on any atom is 0.220 e. The molecule has 0 radical (unpaired) electrons. The van der Waals surface area contributed by atoms with Crippen LogP contribution in [0.5, 0.6) is 11.5 Å². The molecule has 17 heavy (non-hydrogen) atoms. The molecule has 1 aliphatic rings. The van der Waals surface area contributed by atoms with Gasteiger partial charge in [-0.2, -0.15) is 0 Å². The lowest BCUT2D eigenvalue weighted by Gasteiger charge is -2.17. The molecule has 4 nitrogen and oxygen atoms in total. The smallest absolute Gasteiger partial charge is 0.220 e. The van der Waals surface area contributed by atoms with Crippen LogP contribution in [0.4, 0.5) is 4.39 Å². The number of amides is 1. The predicted octanol–water partition coefficient (Wildman–Crippen LogP) is 1.45. The molecule has 1 aromatic rings. The van der Waals surface area contributed by atoms with E-state index < -0.39 is 5.82 Å². The molecule has 0 bridgehead atoms.